The molecule has 0 saturated carbocycles. The summed E-state index contributed by atoms with van der Waals surface area (Å²) in [5.74, 6) is 1.10. The number of aryl methyl sites for hydroxylation is 1. The highest BCUT2D eigenvalue weighted by Gasteiger charge is 2.27. The lowest BCUT2D eigenvalue weighted by atomic mass is 9.80. The molecule has 1 aromatic carbocycles. The van der Waals surface area contributed by atoms with Crippen molar-refractivity contribution in [1.29, 1.82) is 5.41 Å². The van der Waals surface area contributed by atoms with E-state index >= 15 is 0 Å². The Morgan fingerprint density at radius 1 is 1.10 bits per heavy atom. The molecule has 0 atom stereocenters. The van der Waals surface area contributed by atoms with Crippen molar-refractivity contribution >= 4 is 11.3 Å². The molecule has 2 aliphatic heterocycles. The fourth-order valence-electron chi connectivity index (χ4n) is 6.40. The quantitative estimate of drug-likeness (QED) is 0.210. The van der Waals surface area contributed by atoms with E-state index in [4.69, 9.17) is 5.41 Å². The van der Waals surface area contributed by atoms with Crippen molar-refractivity contribution in [2.45, 2.75) is 105 Å². The largest absolute Gasteiger partial charge is 0.333 e. The van der Waals surface area contributed by atoms with E-state index < -0.39 is 0 Å². The maximum atomic E-state index is 8.35. The molecule has 2 aliphatic rings. The molecule has 0 bridgehead atoms. The minimum Gasteiger partial charge on any atom is -0.333 e. The molecular weight excluding hydrogens is 476 g/mol. The molecule has 0 aliphatic carbocycles. The SMILES string of the molecule is C/C=C(\C=C(\C)C(=N)CC)C(/CCC)=C(/c1cc(C2CCN(C3CCNCC3)CC2)ccc1C)C(C)C.CN. The van der Waals surface area contributed by atoms with Crippen molar-refractivity contribution in [1.82, 2.24) is 10.2 Å². The van der Waals surface area contributed by atoms with Gasteiger partial charge in [-0.3, -0.25) is 0 Å². The average Bonchev–Trinajstić information content (AvgIpc) is 2.97. The molecule has 3 rings (SSSR count). The fraction of sp³-hybridized carbons (Fsp3) is 0.629. The lowest BCUT2D eigenvalue weighted by Crippen LogP contribution is -2.46. The van der Waals surface area contributed by atoms with Gasteiger partial charge in [-0.15, -0.1) is 0 Å². The van der Waals surface area contributed by atoms with E-state index in [0.717, 1.165) is 36.6 Å². The second-order valence-electron chi connectivity index (χ2n) is 11.6. The van der Waals surface area contributed by atoms with E-state index in [1.807, 2.05) is 0 Å². The second kappa shape index (κ2) is 16.9. The second-order valence-corrected chi connectivity index (χ2v) is 11.6. The van der Waals surface area contributed by atoms with Crippen molar-refractivity contribution < 1.29 is 0 Å². The summed E-state index contributed by atoms with van der Waals surface area (Å²) in [5.41, 5.74) is 14.9. The molecule has 0 spiro atoms. The average molecular weight is 535 g/mol. The third kappa shape index (κ3) is 8.99. The van der Waals surface area contributed by atoms with Gasteiger partial charge in [-0.05, 0) is 143 Å². The molecule has 0 radical (unpaired) electrons. The van der Waals surface area contributed by atoms with Gasteiger partial charge in [0.05, 0.1) is 0 Å². The lowest BCUT2D eigenvalue weighted by molar-refractivity contribution is 0.127. The summed E-state index contributed by atoms with van der Waals surface area (Å²) in [6, 6.07) is 8.11. The number of hydrogen-bond acceptors (Lipinski definition) is 4. The number of benzene rings is 1. The predicted octanol–water partition coefficient (Wildman–Crippen LogP) is 8.03. The van der Waals surface area contributed by atoms with Crippen LogP contribution in [0.3, 0.4) is 0 Å². The summed E-state index contributed by atoms with van der Waals surface area (Å²) in [4.78, 5) is 2.77. The third-order valence-electron chi connectivity index (χ3n) is 8.64. The van der Waals surface area contributed by atoms with Crippen LogP contribution in [-0.2, 0) is 0 Å². The van der Waals surface area contributed by atoms with Crippen LogP contribution in [0.2, 0.25) is 0 Å². The molecule has 2 saturated heterocycles. The summed E-state index contributed by atoms with van der Waals surface area (Å²) in [6.07, 6.45) is 12.6. The Kier molecular flexibility index (Phi) is 14.4. The van der Waals surface area contributed by atoms with Crippen LogP contribution in [0.15, 0.2) is 47.1 Å². The number of nitrogens with one attached hydrogen (secondary N) is 2. The summed E-state index contributed by atoms with van der Waals surface area (Å²) in [7, 11) is 1.50. The first-order valence-electron chi connectivity index (χ1n) is 15.6. The van der Waals surface area contributed by atoms with Crippen molar-refractivity contribution in [3.63, 3.8) is 0 Å². The first-order valence-corrected chi connectivity index (χ1v) is 15.6. The van der Waals surface area contributed by atoms with Crippen LogP contribution in [0.4, 0.5) is 0 Å². The molecule has 4 heteroatoms. The normalized spacial score (nSPS) is 19.0. The number of rotatable bonds is 10. The van der Waals surface area contributed by atoms with E-state index in [1.54, 1.807) is 0 Å². The zero-order chi connectivity index (χ0) is 28.9. The van der Waals surface area contributed by atoms with Crippen LogP contribution in [0.25, 0.3) is 5.57 Å². The molecule has 4 nitrogen and oxygen atoms in total. The van der Waals surface area contributed by atoms with Gasteiger partial charge in [0.2, 0.25) is 0 Å². The van der Waals surface area contributed by atoms with Crippen molar-refractivity contribution in [2.75, 3.05) is 33.2 Å². The Morgan fingerprint density at radius 3 is 2.28 bits per heavy atom. The molecular formula is C35H58N4. The van der Waals surface area contributed by atoms with Gasteiger partial charge in [-0.25, -0.2) is 0 Å². The first kappa shape index (κ1) is 33.2. The number of allylic oxidation sites excluding steroid dienone is 6. The van der Waals surface area contributed by atoms with E-state index in [2.05, 4.69) is 94.8 Å². The van der Waals surface area contributed by atoms with Gasteiger partial charge in [0.25, 0.3) is 0 Å². The maximum absolute atomic E-state index is 8.35. The minimum absolute atomic E-state index is 0.437. The van der Waals surface area contributed by atoms with Gasteiger partial charge in [-0.2, -0.15) is 0 Å². The van der Waals surface area contributed by atoms with Crippen molar-refractivity contribution in [3.8, 4) is 0 Å². The number of likely N-dealkylation sites (tertiary alicyclic amines) is 1. The van der Waals surface area contributed by atoms with Gasteiger partial charge < -0.3 is 21.4 Å². The van der Waals surface area contributed by atoms with E-state index in [1.165, 1.54) is 92.3 Å². The van der Waals surface area contributed by atoms with Gasteiger partial charge >= 0.3 is 0 Å². The zero-order valence-electron chi connectivity index (χ0n) is 26.4. The van der Waals surface area contributed by atoms with E-state index in [-0.39, 0.29) is 0 Å². The first-order chi connectivity index (χ1) is 18.8. The van der Waals surface area contributed by atoms with Crippen molar-refractivity contribution in [3.05, 3.63) is 63.8 Å². The van der Waals surface area contributed by atoms with Crippen LogP contribution < -0.4 is 11.1 Å². The monoisotopic (exact) mass is 534 g/mol. The van der Waals surface area contributed by atoms with Crippen LogP contribution >= 0.6 is 0 Å². The van der Waals surface area contributed by atoms with E-state index in [0.29, 0.717) is 11.8 Å². The highest BCUT2D eigenvalue weighted by atomic mass is 15.2. The smallest absolute Gasteiger partial charge is 0.0340 e. The molecule has 0 amide bonds. The fourth-order valence-corrected chi connectivity index (χ4v) is 6.40. The summed E-state index contributed by atoms with van der Waals surface area (Å²) < 4.78 is 0. The van der Waals surface area contributed by atoms with Crippen LogP contribution in [0, 0.1) is 18.3 Å². The minimum atomic E-state index is 0.437. The number of hydrogen-bond donors (Lipinski definition) is 3. The molecule has 1 aromatic rings. The Bertz CT molecular complexity index is 999. The predicted molar refractivity (Wildman–Crippen MR) is 173 cm³/mol. The van der Waals surface area contributed by atoms with E-state index in [9.17, 15) is 0 Å². The Labute approximate surface area is 240 Å². The molecule has 2 heterocycles. The summed E-state index contributed by atoms with van der Waals surface area (Å²) in [5, 5.41) is 11.9. The number of nitrogens with two attached hydrogens (primary N) is 1. The molecule has 2 fully saturated rings. The Hall–Kier alpha value is -2.01. The van der Waals surface area contributed by atoms with Gasteiger partial charge in [0.15, 0.2) is 0 Å². The molecule has 0 unspecified atom stereocenters. The standard InChI is InChI=1S/C34H53N3.CH5N/c1-8-11-31(27(9-2)22-26(7)33(35)10-3)34(24(4)5)32-23-29(13-12-25(32)6)28-16-20-37(21-17-28)30-14-18-36-19-15-30;1-2/h9,12-13,22-24,28,30,35-36H,8,10-11,14-21H2,1-7H3;2H2,1H3/b26-22-,27-9+,34-31+,35-33?;. The zero-order valence-corrected chi connectivity index (χ0v) is 26.4. The summed E-state index contributed by atoms with van der Waals surface area (Å²) >= 11 is 0. The highest BCUT2D eigenvalue weighted by molar-refractivity contribution is 5.97. The van der Waals surface area contributed by atoms with Gasteiger partial charge in [0, 0.05) is 11.8 Å². The molecule has 0 aromatic heterocycles. The highest BCUT2D eigenvalue weighted by Crippen LogP contribution is 2.38. The van der Waals surface area contributed by atoms with Gasteiger partial charge in [0.1, 0.15) is 0 Å². The number of piperidine rings is 2. The molecule has 218 valence electrons. The molecule has 4 N–H and O–H groups in total. The Morgan fingerprint density at radius 2 is 1.74 bits per heavy atom. The van der Waals surface area contributed by atoms with Gasteiger partial charge in [-0.1, -0.05) is 64.5 Å². The van der Waals surface area contributed by atoms with Crippen LogP contribution in [0.1, 0.15) is 109 Å². The lowest BCUT2D eigenvalue weighted by Gasteiger charge is -2.39. The van der Waals surface area contributed by atoms with Crippen LogP contribution in [0.5, 0.6) is 0 Å². The van der Waals surface area contributed by atoms with Crippen molar-refractivity contribution in [2.24, 2.45) is 11.7 Å². The number of nitrogens with zero attached hydrogens (tertiary/aromatic N) is 1. The topological polar surface area (TPSA) is 65.1 Å². The van der Waals surface area contributed by atoms with Crippen LogP contribution in [-0.4, -0.2) is 49.9 Å². The molecule has 39 heavy (non-hydrogen) atoms. The maximum Gasteiger partial charge on any atom is 0.0340 e. The summed E-state index contributed by atoms with van der Waals surface area (Å²) in [6.45, 7) is 20.4. The third-order valence-corrected chi connectivity index (χ3v) is 8.64. The Balaban J connectivity index is 0.00000260.